The molecule has 1 saturated heterocycles. The molecule has 1 aromatic carbocycles. The molecule has 2 rings (SSSR count). The molecule has 1 aliphatic rings. The molecule has 1 N–H and O–H groups in total. The van der Waals surface area contributed by atoms with E-state index in [4.69, 9.17) is 4.74 Å². The standard InChI is InChI=1S/C21H33N3O3/c1-4-23(17(2)16-18-7-9-19(27-3)10-8-18)13-5-6-20(25)21(26)24-14-11-22-12-15-24/h7-10,17,22H,4-6,11-16H2,1-3H3. The largest absolute Gasteiger partial charge is 0.497 e. The minimum atomic E-state index is -0.314. The quantitative estimate of drug-likeness (QED) is 0.631. The SMILES string of the molecule is CCN(CCCC(=O)C(=O)N1CCNCC1)C(C)Cc1ccc(OC)cc1. The van der Waals surface area contributed by atoms with Crippen molar-refractivity contribution in [3.63, 3.8) is 0 Å². The Kier molecular flexibility index (Phi) is 8.75. The van der Waals surface area contributed by atoms with Gasteiger partial charge in [-0.3, -0.25) is 9.59 Å². The molecule has 6 nitrogen and oxygen atoms in total. The minimum absolute atomic E-state index is 0.254. The number of ether oxygens (including phenoxy) is 1. The number of benzene rings is 1. The van der Waals surface area contributed by atoms with Gasteiger partial charge in [-0.15, -0.1) is 0 Å². The maximum Gasteiger partial charge on any atom is 0.290 e. The Morgan fingerprint density at radius 2 is 1.89 bits per heavy atom. The zero-order chi connectivity index (χ0) is 19.6. The highest BCUT2D eigenvalue weighted by Gasteiger charge is 2.23. The first kappa shape index (κ1) is 21.4. The molecule has 0 bridgehead atoms. The summed E-state index contributed by atoms with van der Waals surface area (Å²) < 4.78 is 5.20. The molecule has 1 atom stereocenters. The Bertz CT molecular complexity index is 597. The summed E-state index contributed by atoms with van der Waals surface area (Å²) in [6.45, 7) is 8.90. The number of amides is 1. The van der Waals surface area contributed by atoms with E-state index in [1.165, 1.54) is 5.56 Å². The number of nitrogens with zero attached hydrogens (tertiary/aromatic N) is 2. The lowest BCUT2D eigenvalue weighted by atomic mass is 10.0. The summed E-state index contributed by atoms with van der Waals surface area (Å²) in [5, 5.41) is 3.19. The van der Waals surface area contributed by atoms with Crippen molar-refractivity contribution in [2.24, 2.45) is 0 Å². The van der Waals surface area contributed by atoms with Crippen LogP contribution in [0.5, 0.6) is 5.75 Å². The van der Waals surface area contributed by atoms with E-state index in [0.29, 0.717) is 25.6 Å². The van der Waals surface area contributed by atoms with Crippen molar-refractivity contribution in [1.82, 2.24) is 15.1 Å². The molecule has 6 heteroatoms. The number of ketones is 1. The lowest BCUT2D eigenvalue weighted by molar-refractivity contribution is -0.145. The van der Waals surface area contributed by atoms with Crippen molar-refractivity contribution in [2.45, 2.75) is 39.2 Å². The van der Waals surface area contributed by atoms with E-state index in [1.54, 1.807) is 12.0 Å². The van der Waals surface area contributed by atoms with Gasteiger partial charge in [-0.25, -0.2) is 0 Å². The van der Waals surface area contributed by atoms with Crippen LogP contribution in [-0.2, 0) is 16.0 Å². The normalized spacial score (nSPS) is 15.6. The van der Waals surface area contributed by atoms with Crippen LogP contribution in [0.4, 0.5) is 0 Å². The molecular weight excluding hydrogens is 342 g/mol. The van der Waals surface area contributed by atoms with Gasteiger partial charge in [0.05, 0.1) is 7.11 Å². The fourth-order valence-electron chi connectivity index (χ4n) is 3.52. The van der Waals surface area contributed by atoms with Crippen LogP contribution in [0.2, 0.25) is 0 Å². The van der Waals surface area contributed by atoms with Gasteiger partial charge >= 0.3 is 0 Å². The van der Waals surface area contributed by atoms with E-state index in [2.05, 4.69) is 36.2 Å². The molecule has 1 aromatic rings. The lowest BCUT2D eigenvalue weighted by Gasteiger charge is -2.28. The van der Waals surface area contributed by atoms with Gasteiger partial charge in [0.25, 0.3) is 5.91 Å². The summed E-state index contributed by atoms with van der Waals surface area (Å²) in [5.74, 6) is 0.299. The predicted octanol–water partition coefficient (Wildman–Crippen LogP) is 1.73. The zero-order valence-corrected chi connectivity index (χ0v) is 16.9. The summed E-state index contributed by atoms with van der Waals surface area (Å²) in [4.78, 5) is 28.4. The van der Waals surface area contributed by atoms with E-state index in [-0.39, 0.29) is 11.7 Å². The second kappa shape index (κ2) is 11.0. The second-order valence-corrected chi connectivity index (χ2v) is 7.10. The van der Waals surface area contributed by atoms with Gasteiger partial charge in [0.1, 0.15) is 5.75 Å². The van der Waals surface area contributed by atoms with E-state index >= 15 is 0 Å². The molecule has 0 saturated carbocycles. The van der Waals surface area contributed by atoms with Gasteiger partial charge in [0.15, 0.2) is 0 Å². The van der Waals surface area contributed by atoms with Crippen molar-refractivity contribution < 1.29 is 14.3 Å². The lowest BCUT2D eigenvalue weighted by Crippen LogP contribution is -2.48. The molecule has 0 aromatic heterocycles. The van der Waals surface area contributed by atoms with Crippen molar-refractivity contribution in [1.29, 1.82) is 0 Å². The Labute approximate surface area is 162 Å². The maximum atomic E-state index is 12.2. The molecule has 1 unspecified atom stereocenters. The van der Waals surface area contributed by atoms with Crippen molar-refractivity contribution in [3.05, 3.63) is 29.8 Å². The number of nitrogens with one attached hydrogen (secondary N) is 1. The average Bonchev–Trinajstić information content (AvgIpc) is 2.71. The van der Waals surface area contributed by atoms with Gasteiger partial charge in [-0.05, 0) is 50.6 Å². The highest BCUT2D eigenvalue weighted by Crippen LogP contribution is 2.15. The van der Waals surface area contributed by atoms with Crippen LogP contribution in [0.3, 0.4) is 0 Å². The Morgan fingerprint density at radius 1 is 1.22 bits per heavy atom. The number of likely N-dealkylation sites (N-methyl/N-ethyl adjacent to an activating group) is 1. The number of hydrogen-bond acceptors (Lipinski definition) is 5. The van der Waals surface area contributed by atoms with Gasteiger partial charge in [-0.1, -0.05) is 19.1 Å². The number of carbonyl (C=O) groups excluding carboxylic acids is 2. The van der Waals surface area contributed by atoms with Crippen molar-refractivity contribution >= 4 is 11.7 Å². The maximum absolute atomic E-state index is 12.2. The second-order valence-electron chi connectivity index (χ2n) is 7.10. The van der Waals surface area contributed by atoms with Gasteiger partial charge in [0.2, 0.25) is 5.78 Å². The first-order chi connectivity index (χ1) is 13.0. The molecule has 0 radical (unpaired) electrons. The van der Waals surface area contributed by atoms with E-state index < -0.39 is 0 Å². The Hall–Kier alpha value is -1.92. The van der Waals surface area contributed by atoms with Crippen LogP contribution in [0, 0.1) is 0 Å². The van der Waals surface area contributed by atoms with E-state index in [1.807, 2.05) is 12.1 Å². The van der Waals surface area contributed by atoms with E-state index in [0.717, 1.165) is 44.8 Å². The Balaban J connectivity index is 1.76. The zero-order valence-electron chi connectivity index (χ0n) is 16.9. The summed E-state index contributed by atoms with van der Waals surface area (Å²) >= 11 is 0. The van der Waals surface area contributed by atoms with Gasteiger partial charge in [-0.2, -0.15) is 0 Å². The molecule has 1 heterocycles. The summed E-state index contributed by atoms with van der Waals surface area (Å²) in [6.07, 6.45) is 2.00. The predicted molar refractivity (Wildman–Crippen MR) is 107 cm³/mol. The monoisotopic (exact) mass is 375 g/mol. The van der Waals surface area contributed by atoms with Crippen molar-refractivity contribution in [3.8, 4) is 5.75 Å². The molecule has 1 fully saturated rings. The molecule has 0 spiro atoms. The van der Waals surface area contributed by atoms with E-state index in [9.17, 15) is 9.59 Å². The number of carbonyl (C=O) groups is 2. The molecule has 27 heavy (non-hydrogen) atoms. The van der Waals surface area contributed by atoms with Gasteiger partial charge < -0.3 is 19.9 Å². The summed E-state index contributed by atoms with van der Waals surface area (Å²) in [7, 11) is 1.67. The van der Waals surface area contributed by atoms with Gasteiger partial charge in [0, 0.05) is 38.6 Å². The molecule has 150 valence electrons. The smallest absolute Gasteiger partial charge is 0.290 e. The molecular formula is C21H33N3O3. The topological polar surface area (TPSA) is 61.9 Å². The third kappa shape index (κ3) is 6.63. The summed E-state index contributed by atoms with van der Waals surface area (Å²) in [5.41, 5.74) is 1.27. The fraction of sp³-hybridized carbons (Fsp3) is 0.619. The highest BCUT2D eigenvalue weighted by atomic mass is 16.5. The summed E-state index contributed by atoms with van der Waals surface area (Å²) in [6, 6.07) is 8.54. The molecule has 1 amide bonds. The number of Topliss-reactive ketones (excluding diaryl/α,β-unsaturated/α-hetero) is 1. The van der Waals surface area contributed by atoms with Crippen LogP contribution >= 0.6 is 0 Å². The molecule has 1 aliphatic heterocycles. The van der Waals surface area contributed by atoms with Crippen LogP contribution in [0.1, 0.15) is 32.3 Å². The number of methoxy groups -OCH3 is 1. The van der Waals surface area contributed by atoms with Crippen LogP contribution in [0.25, 0.3) is 0 Å². The average molecular weight is 376 g/mol. The fourth-order valence-corrected chi connectivity index (χ4v) is 3.52. The molecule has 0 aliphatic carbocycles. The van der Waals surface area contributed by atoms with Crippen molar-refractivity contribution in [2.75, 3.05) is 46.4 Å². The van der Waals surface area contributed by atoms with Crippen LogP contribution in [0.15, 0.2) is 24.3 Å². The third-order valence-corrected chi connectivity index (χ3v) is 5.21. The Morgan fingerprint density at radius 3 is 2.48 bits per heavy atom. The third-order valence-electron chi connectivity index (χ3n) is 5.21. The number of piperazine rings is 1. The first-order valence-electron chi connectivity index (χ1n) is 9.95. The number of hydrogen-bond donors (Lipinski definition) is 1. The highest BCUT2D eigenvalue weighted by molar-refractivity contribution is 6.36. The first-order valence-corrected chi connectivity index (χ1v) is 9.95. The minimum Gasteiger partial charge on any atom is -0.497 e. The number of rotatable bonds is 10. The van der Waals surface area contributed by atoms with Crippen LogP contribution < -0.4 is 10.1 Å². The van der Waals surface area contributed by atoms with Crippen LogP contribution in [-0.4, -0.2) is 73.9 Å².